The van der Waals surface area contributed by atoms with E-state index in [1.807, 2.05) is 0 Å². The van der Waals surface area contributed by atoms with Gasteiger partial charge in [-0.1, -0.05) is 0 Å². The molecule has 0 atom stereocenters. The van der Waals surface area contributed by atoms with Crippen LogP contribution in [0.15, 0.2) is 0 Å². The Kier molecular flexibility index (Phi) is 4.57. The second-order valence-corrected chi connectivity index (χ2v) is 2.07. The number of carbonyl (C=O) groups excluding carboxylic acids is 1. The largest absolute Gasteiger partial charge is 0.410 e. The van der Waals surface area contributed by atoms with Crippen LogP contribution in [-0.4, -0.2) is 40.3 Å². The summed E-state index contributed by atoms with van der Waals surface area (Å²) in [6.07, 6.45) is -0.520. The molecule has 6 nitrogen and oxygen atoms in total. The van der Waals surface area contributed by atoms with E-state index < -0.39 is 12.1 Å². The van der Waals surface area contributed by atoms with E-state index in [1.54, 1.807) is 21.1 Å². The summed E-state index contributed by atoms with van der Waals surface area (Å²) in [5, 5.41) is 10.7. The summed E-state index contributed by atoms with van der Waals surface area (Å²) in [5.41, 5.74) is 0. The quantitative estimate of drug-likeness (QED) is 0.397. The molecule has 0 aliphatic heterocycles. The molecule has 0 spiro atoms. The van der Waals surface area contributed by atoms with Crippen LogP contribution in [-0.2, 0) is 4.74 Å². The number of rotatable bonds is 4. The third-order valence-corrected chi connectivity index (χ3v) is 1.51. The van der Waals surface area contributed by atoms with Gasteiger partial charge in [0.15, 0.2) is 0 Å². The maximum atomic E-state index is 10.9. The van der Waals surface area contributed by atoms with Gasteiger partial charge in [-0.25, -0.2) is 4.79 Å². The third kappa shape index (κ3) is 2.65. The lowest BCUT2D eigenvalue weighted by atomic mass is 10.6. The van der Waals surface area contributed by atoms with Crippen LogP contribution in [0.5, 0.6) is 0 Å². The second-order valence-electron chi connectivity index (χ2n) is 2.07. The van der Waals surface area contributed by atoms with Crippen LogP contribution in [0.4, 0.5) is 4.79 Å². The molecule has 0 aromatic heterocycles. The van der Waals surface area contributed by atoms with Gasteiger partial charge < -0.3 is 10.1 Å². The first kappa shape index (κ1) is 11.2. The molecule has 12 heavy (non-hydrogen) atoms. The molecule has 0 aromatic carbocycles. The van der Waals surface area contributed by atoms with Crippen molar-refractivity contribution in [3.05, 3.63) is 0 Å². The van der Waals surface area contributed by atoms with Crippen molar-refractivity contribution in [2.75, 3.05) is 28.2 Å². The highest BCUT2D eigenvalue weighted by molar-refractivity contribution is 5.67. The first-order valence-corrected chi connectivity index (χ1v) is 3.61. The van der Waals surface area contributed by atoms with Gasteiger partial charge in [-0.05, 0) is 21.1 Å². The van der Waals surface area contributed by atoms with E-state index in [0.29, 0.717) is 0 Å². The van der Waals surface area contributed by atoms with E-state index in [0.717, 1.165) is 0 Å². The Morgan fingerprint density at radius 2 is 1.50 bits per heavy atom. The molecule has 0 radical (unpaired) electrons. The van der Waals surface area contributed by atoms with Gasteiger partial charge in [0.2, 0.25) is 0 Å². The molecule has 0 rings (SSSR count). The molecule has 0 aliphatic carbocycles. The third-order valence-electron chi connectivity index (χ3n) is 1.51. The Labute approximate surface area is 72.0 Å². The summed E-state index contributed by atoms with van der Waals surface area (Å²) in [7, 11) is 6.48. The predicted molar refractivity (Wildman–Crippen MR) is 45.5 cm³/mol. The molecule has 6 heteroatoms. The SMILES string of the molecule is CNC(=O)OC(NC)(NC)NC. The molecule has 0 saturated carbocycles. The van der Waals surface area contributed by atoms with Crippen molar-refractivity contribution in [3.8, 4) is 0 Å². The number of hydrogen-bond acceptors (Lipinski definition) is 5. The summed E-state index contributed by atoms with van der Waals surface area (Å²) >= 11 is 0. The normalized spacial score (nSPS) is 11.0. The summed E-state index contributed by atoms with van der Waals surface area (Å²) in [6.45, 7) is 0. The zero-order valence-corrected chi connectivity index (χ0v) is 7.82. The van der Waals surface area contributed by atoms with Crippen molar-refractivity contribution in [2.45, 2.75) is 5.97 Å². The average molecular weight is 176 g/mol. The minimum Gasteiger partial charge on any atom is -0.400 e. The fraction of sp³-hybridized carbons (Fsp3) is 0.833. The first-order valence-electron chi connectivity index (χ1n) is 3.61. The molecule has 0 bridgehead atoms. The molecule has 0 saturated heterocycles. The summed E-state index contributed by atoms with van der Waals surface area (Å²) in [4.78, 5) is 10.9. The Hall–Kier alpha value is -0.850. The average Bonchev–Trinajstić information content (AvgIpc) is 2.14. The second kappa shape index (κ2) is 4.91. The van der Waals surface area contributed by atoms with Crippen molar-refractivity contribution in [1.82, 2.24) is 21.3 Å². The molecule has 72 valence electrons. The van der Waals surface area contributed by atoms with Crippen LogP contribution in [0.3, 0.4) is 0 Å². The lowest BCUT2D eigenvalue weighted by Crippen LogP contribution is -2.66. The van der Waals surface area contributed by atoms with Crippen molar-refractivity contribution in [3.63, 3.8) is 0 Å². The van der Waals surface area contributed by atoms with Gasteiger partial charge in [-0.2, -0.15) is 0 Å². The van der Waals surface area contributed by atoms with Crippen LogP contribution in [0.1, 0.15) is 0 Å². The first-order chi connectivity index (χ1) is 5.64. The molecular formula is C6H16N4O2. The maximum Gasteiger partial charge on any atom is 0.410 e. The van der Waals surface area contributed by atoms with Gasteiger partial charge in [0.25, 0.3) is 5.97 Å². The smallest absolute Gasteiger partial charge is 0.400 e. The summed E-state index contributed by atoms with van der Waals surface area (Å²) < 4.78 is 4.95. The van der Waals surface area contributed by atoms with E-state index in [4.69, 9.17) is 4.74 Å². The van der Waals surface area contributed by atoms with Gasteiger partial charge in [0.05, 0.1) is 0 Å². The van der Waals surface area contributed by atoms with Crippen LogP contribution < -0.4 is 21.3 Å². The highest BCUT2D eigenvalue weighted by Crippen LogP contribution is 1.94. The van der Waals surface area contributed by atoms with Crippen molar-refractivity contribution in [2.24, 2.45) is 0 Å². The lowest BCUT2D eigenvalue weighted by molar-refractivity contribution is -0.0531. The van der Waals surface area contributed by atoms with Gasteiger partial charge in [0, 0.05) is 7.05 Å². The van der Waals surface area contributed by atoms with Gasteiger partial charge >= 0.3 is 6.09 Å². The Bertz CT molecular complexity index is 138. The Balaban J connectivity index is 4.19. The zero-order valence-electron chi connectivity index (χ0n) is 7.82. The minimum atomic E-state index is -1.01. The fourth-order valence-electron chi connectivity index (χ4n) is 0.718. The number of nitrogens with one attached hydrogen (secondary N) is 4. The number of alkyl carbamates (subject to hydrolysis) is 1. The molecule has 0 aromatic rings. The molecule has 4 N–H and O–H groups in total. The number of hydrogen-bond donors (Lipinski definition) is 4. The monoisotopic (exact) mass is 176 g/mol. The van der Waals surface area contributed by atoms with Gasteiger partial charge in [0.1, 0.15) is 0 Å². The number of amides is 1. The van der Waals surface area contributed by atoms with Crippen molar-refractivity contribution >= 4 is 6.09 Å². The lowest BCUT2D eigenvalue weighted by Gasteiger charge is -2.31. The van der Waals surface area contributed by atoms with E-state index in [-0.39, 0.29) is 0 Å². The molecule has 0 heterocycles. The Morgan fingerprint density at radius 1 is 1.08 bits per heavy atom. The maximum absolute atomic E-state index is 10.9. The minimum absolute atomic E-state index is 0.520. The van der Waals surface area contributed by atoms with E-state index >= 15 is 0 Å². The number of carbonyl (C=O) groups is 1. The van der Waals surface area contributed by atoms with Gasteiger partial charge in [-0.15, -0.1) is 0 Å². The molecular weight excluding hydrogens is 160 g/mol. The topological polar surface area (TPSA) is 74.4 Å². The highest BCUT2D eigenvalue weighted by Gasteiger charge is 2.27. The molecule has 0 unspecified atom stereocenters. The molecule has 0 aliphatic rings. The standard InChI is InChI=1S/C6H16N4O2/c1-7-5(11)12-6(8-2,9-3)10-4/h8-10H,1-4H3,(H,7,11). The van der Waals surface area contributed by atoms with Crippen molar-refractivity contribution < 1.29 is 9.53 Å². The van der Waals surface area contributed by atoms with E-state index in [1.165, 1.54) is 7.05 Å². The fourth-order valence-corrected chi connectivity index (χ4v) is 0.718. The highest BCUT2D eigenvalue weighted by atomic mass is 16.6. The zero-order chi connectivity index (χ0) is 9.61. The van der Waals surface area contributed by atoms with Crippen LogP contribution >= 0.6 is 0 Å². The summed E-state index contributed by atoms with van der Waals surface area (Å²) in [6, 6.07) is 0. The van der Waals surface area contributed by atoms with E-state index in [2.05, 4.69) is 21.3 Å². The van der Waals surface area contributed by atoms with Crippen LogP contribution in [0, 0.1) is 0 Å². The van der Waals surface area contributed by atoms with Gasteiger partial charge in [-0.3, -0.25) is 16.0 Å². The number of ether oxygens (including phenoxy) is 1. The predicted octanol–water partition coefficient (Wildman–Crippen LogP) is -1.39. The van der Waals surface area contributed by atoms with Crippen LogP contribution in [0.25, 0.3) is 0 Å². The summed E-state index contributed by atoms with van der Waals surface area (Å²) in [5.74, 6) is -1.01. The van der Waals surface area contributed by atoms with Crippen molar-refractivity contribution in [1.29, 1.82) is 0 Å². The van der Waals surface area contributed by atoms with E-state index in [9.17, 15) is 4.79 Å². The Morgan fingerprint density at radius 3 is 1.75 bits per heavy atom. The van der Waals surface area contributed by atoms with Crippen LogP contribution in [0.2, 0.25) is 0 Å². The molecule has 0 fully saturated rings. The molecule has 1 amide bonds.